The molecule has 1 aliphatic rings. The van der Waals surface area contributed by atoms with Crippen molar-refractivity contribution in [1.82, 2.24) is 10.3 Å². The van der Waals surface area contributed by atoms with E-state index in [9.17, 15) is 8.42 Å². The molecule has 0 aliphatic carbocycles. The van der Waals surface area contributed by atoms with Gasteiger partial charge in [0.15, 0.2) is 9.84 Å². The Hall–Kier alpha value is -0.880. The van der Waals surface area contributed by atoms with E-state index in [1.807, 2.05) is 7.05 Å². The number of rotatable bonds is 5. The quantitative estimate of drug-likeness (QED) is 0.822. The van der Waals surface area contributed by atoms with Crippen molar-refractivity contribution in [3.8, 4) is 0 Å². The number of oxazole rings is 1. The van der Waals surface area contributed by atoms with Crippen LogP contribution in [0.5, 0.6) is 0 Å². The van der Waals surface area contributed by atoms with Crippen LogP contribution in [0.2, 0.25) is 0 Å². The molecule has 1 unspecified atom stereocenters. The third-order valence-electron chi connectivity index (χ3n) is 3.28. The molecule has 18 heavy (non-hydrogen) atoms. The molecular weight excluding hydrogens is 252 g/mol. The molecule has 1 N–H and O–H groups in total. The van der Waals surface area contributed by atoms with Crippen molar-refractivity contribution in [3.05, 3.63) is 17.8 Å². The number of aromatic nitrogens is 1. The molecule has 0 radical (unpaired) electrons. The van der Waals surface area contributed by atoms with E-state index in [0.29, 0.717) is 12.3 Å². The largest absolute Gasteiger partial charge is 0.444 e. The maximum Gasteiger partial charge on any atom is 0.212 e. The Bertz CT molecular complexity index is 481. The third kappa shape index (κ3) is 3.11. The standard InChI is InChI=1S/C12H20N2O3S/c1-13-7-4-5-10-9-14-12(17-10)11-6-2-3-8-18(11,15)16/h9,11,13H,2-8H2,1H3. The second-order valence-electron chi connectivity index (χ2n) is 4.72. The fraction of sp³-hybridized carbons (Fsp3) is 0.750. The lowest BCUT2D eigenvalue weighted by Gasteiger charge is -2.19. The van der Waals surface area contributed by atoms with Gasteiger partial charge < -0.3 is 9.73 Å². The van der Waals surface area contributed by atoms with Crippen LogP contribution in [0.3, 0.4) is 0 Å². The Morgan fingerprint density at radius 2 is 2.33 bits per heavy atom. The molecule has 1 atom stereocenters. The zero-order chi connectivity index (χ0) is 13.0. The van der Waals surface area contributed by atoms with E-state index in [4.69, 9.17) is 4.42 Å². The Kier molecular flexibility index (Phi) is 4.40. The predicted octanol–water partition coefficient (Wildman–Crippen LogP) is 1.47. The number of nitrogens with one attached hydrogen (secondary N) is 1. The molecule has 5 nitrogen and oxygen atoms in total. The lowest BCUT2D eigenvalue weighted by Crippen LogP contribution is -2.21. The van der Waals surface area contributed by atoms with E-state index in [-0.39, 0.29) is 5.75 Å². The molecular formula is C12H20N2O3S. The van der Waals surface area contributed by atoms with Crippen LogP contribution >= 0.6 is 0 Å². The van der Waals surface area contributed by atoms with Crippen molar-refractivity contribution in [1.29, 1.82) is 0 Å². The molecule has 1 aromatic heterocycles. The minimum atomic E-state index is -3.06. The van der Waals surface area contributed by atoms with Crippen LogP contribution in [0.4, 0.5) is 0 Å². The van der Waals surface area contributed by atoms with Crippen molar-refractivity contribution in [3.63, 3.8) is 0 Å². The number of hydrogen-bond acceptors (Lipinski definition) is 5. The van der Waals surface area contributed by atoms with Gasteiger partial charge in [0.05, 0.1) is 11.9 Å². The number of aryl methyl sites for hydroxylation is 1. The summed E-state index contributed by atoms with van der Waals surface area (Å²) < 4.78 is 29.5. The average molecular weight is 272 g/mol. The second kappa shape index (κ2) is 5.84. The van der Waals surface area contributed by atoms with Gasteiger partial charge >= 0.3 is 0 Å². The number of nitrogens with zero attached hydrogens (tertiary/aromatic N) is 1. The highest BCUT2D eigenvalue weighted by atomic mass is 32.2. The third-order valence-corrected chi connectivity index (χ3v) is 5.44. The summed E-state index contributed by atoms with van der Waals surface area (Å²) in [5, 5.41) is 2.54. The SMILES string of the molecule is CNCCCc1cnc(C2CCCCS2(=O)=O)o1. The van der Waals surface area contributed by atoms with Gasteiger partial charge in [-0.2, -0.15) is 0 Å². The molecule has 0 amide bonds. The Morgan fingerprint density at radius 1 is 1.50 bits per heavy atom. The molecule has 0 spiro atoms. The van der Waals surface area contributed by atoms with Gasteiger partial charge in [-0.05, 0) is 32.9 Å². The van der Waals surface area contributed by atoms with Crippen LogP contribution in [0.15, 0.2) is 10.6 Å². The zero-order valence-corrected chi connectivity index (χ0v) is 11.5. The second-order valence-corrected chi connectivity index (χ2v) is 7.03. The van der Waals surface area contributed by atoms with Gasteiger partial charge in [0.1, 0.15) is 11.0 Å². The topological polar surface area (TPSA) is 72.2 Å². The predicted molar refractivity (Wildman–Crippen MR) is 69.1 cm³/mol. The maximum atomic E-state index is 11.9. The number of sulfone groups is 1. The van der Waals surface area contributed by atoms with E-state index in [2.05, 4.69) is 10.3 Å². The van der Waals surface area contributed by atoms with Gasteiger partial charge in [-0.1, -0.05) is 6.42 Å². The van der Waals surface area contributed by atoms with E-state index in [1.54, 1.807) is 6.20 Å². The fourth-order valence-electron chi connectivity index (χ4n) is 2.26. The smallest absolute Gasteiger partial charge is 0.212 e. The maximum absolute atomic E-state index is 11.9. The lowest BCUT2D eigenvalue weighted by atomic mass is 10.2. The first-order valence-electron chi connectivity index (χ1n) is 6.44. The summed E-state index contributed by atoms with van der Waals surface area (Å²) in [6.45, 7) is 0.914. The number of hydrogen-bond donors (Lipinski definition) is 1. The van der Waals surface area contributed by atoms with Crippen molar-refractivity contribution >= 4 is 9.84 Å². The van der Waals surface area contributed by atoms with Gasteiger partial charge in [0, 0.05) is 6.42 Å². The molecule has 1 aliphatic heterocycles. The molecule has 0 bridgehead atoms. The summed E-state index contributed by atoms with van der Waals surface area (Å²) in [7, 11) is -1.15. The summed E-state index contributed by atoms with van der Waals surface area (Å²) in [5.74, 6) is 1.42. The zero-order valence-electron chi connectivity index (χ0n) is 10.7. The Balaban J connectivity index is 2.04. The monoisotopic (exact) mass is 272 g/mol. The van der Waals surface area contributed by atoms with Crippen LogP contribution in [-0.4, -0.2) is 32.7 Å². The van der Waals surface area contributed by atoms with Gasteiger partial charge in [-0.15, -0.1) is 0 Å². The van der Waals surface area contributed by atoms with Crippen LogP contribution in [0, 0.1) is 0 Å². The fourth-order valence-corrected chi connectivity index (χ4v) is 4.09. The molecule has 0 saturated carbocycles. The minimum Gasteiger partial charge on any atom is -0.444 e. The molecule has 2 heterocycles. The highest BCUT2D eigenvalue weighted by molar-refractivity contribution is 7.91. The Morgan fingerprint density at radius 3 is 3.06 bits per heavy atom. The van der Waals surface area contributed by atoms with Crippen molar-refractivity contribution in [2.45, 2.75) is 37.4 Å². The van der Waals surface area contributed by atoms with Crippen molar-refractivity contribution < 1.29 is 12.8 Å². The normalized spacial score (nSPS) is 23.1. The lowest BCUT2D eigenvalue weighted by molar-refractivity contribution is 0.422. The highest BCUT2D eigenvalue weighted by Crippen LogP contribution is 2.32. The summed E-state index contributed by atoms with van der Waals surface area (Å²) in [6.07, 6.45) is 5.74. The van der Waals surface area contributed by atoms with E-state index in [1.165, 1.54) is 0 Å². The summed E-state index contributed by atoms with van der Waals surface area (Å²) >= 11 is 0. The van der Waals surface area contributed by atoms with Crippen molar-refractivity contribution in [2.24, 2.45) is 0 Å². The van der Waals surface area contributed by atoms with Gasteiger partial charge in [0.2, 0.25) is 5.89 Å². The molecule has 6 heteroatoms. The molecule has 1 aromatic rings. The van der Waals surface area contributed by atoms with E-state index < -0.39 is 15.1 Å². The summed E-state index contributed by atoms with van der Waals surface area (Å²) in [6, 6.07) is 0. The van der Waals surface area contributed by atoms with Crippen LogP contribution in [0.1, 0.15) is 42.6 Å². The highest BCUT2D eigenvalue weighted by Gasteiger charge is 2.33. The first kappa shape index (κ1) is 13.5. The van der Waals surface area contributed by atoms with Crippen molar-refractivity contribution in [2.75, 3.05) is 19.3 Å². The van der Waals surface area contributed by atoms with Gasteiger partial charge in [-0.25, -0.2) is 13.4 Å². The molecule has 102 valence electrons. The van der Waals surface area contributed by atoms with E-state index >= 15 is 0 Å². The molecule has 0 aromatic carbocycles. The average Bonchev–Trinajstić information content (AvgIpc) is 2.77. The van der Waals surface area contributed by atoms with Crippen LogP contribution in [0.25, 0.3) is 0 Å². The van der Waals surface area contributed by atoms with E-state index in [0.717, 1.165) is 38.0 Å². The first-order valence-corrected chi connectivity index (χ1v) is 8.16. The molecule has 1 saturated heterocycles. The minimum absolute atomic E-state index is 0.259. The van der Waals surface area contributed by atoms with Crippen LogP contribution < -0.4 is 5.32 Å². The summed E-state index contributed by atoms with van der Waals surface area (Å²) in [4.78, 5) is 4.15. The Labute approximate surface area is 108 Å². The molecule has 1 fully saturated rings. The molecule has 2 rings (SSSR count). The first-order chi connectivity index (χ1) is 8.63. The van der Waals surface area contributed by atoms with Crippen LogP contribution in [-0.2, 0) is 16.3 Å². The summed E-state index contributed by atoms with van der Waals surface area (Å²) in [5.41, 5.74) is 0. The van der Waals surface area contributed by atoms with Gasteiger partial charge in [0.25, 0.3) is 0 Å². The van der Waals surface area contributed by atoms with Gasteiger partial charge in [-0.3, -0.25) is 0 Å².